The van der Waals surface area contributed by atoms with Crippen molar-refractivity contribution in [3.63, 3.8) is 0 Å². The van der Waals surface area contributed by atoms with Gasteiger partial charge in [0.2, 0.25) is 0 Å². The van der Waals surface area contributed by atoms with Gasteiger partial charge < -0.3 is 25.0 Å². The van der Waals surface area contributed by atoms with Gasteiger partial charge in [0.1, 0.15) is 5.60 Å². The SMILES string of the molecule is CCNC(=NCC1CN2CCCC2CO1)N(C)CCC(NC(=O)OC(C)(C)C)C(C)C.I. The quantitative estimate of drug-likeness (QED) is 0.266. The average Bonchev–Trinajstić information content (AvgIpc) is 3.14. The second-order valence-corrected chi connectivity index (χ2v) is 10.1. The Morgan fingerprint density at radius 3 is 2.69 bits per heavy atom. The van der Waals surface area contributed by atoms with Crippen molar-refractivity contribution in [3.05, 3.63) is 0 Å². The molecule has 0 aromatic carbocycles. The highest BCUT2D eigenvalue weighted by molar-refractivity contribution is 14.0. The van der Waals surface area contributed by atoms with Crippen LogP contribution in [0.25, 0.3) is 0 Å². The number of aliphatic imine (C=N–C) groups is 1. The summed E-state index contributed by atoms with van der Waals surface area (Å²) in [4.78, 5) is 21.7. The summed E-state index contributed by atoms with van der Waals surface area (Å²) in [6.45, 7) is 17.2. The molecule has 2 rings (SSSR count). The Hall–Kier alpha value is -0.810. The van der Waals surface area contributed by atoms with Gasteiger partial charge in [0.25, 0.3) is 0 Å². The van der Waals surface area contributed by atoms with E-state index in [-0.39, 0.29) is 42.2 Å². The second kappa shape index (κ2) is 13.8. The van der Waals surface area contributed by atoms with E-state index in [0.717, 1.165) is 38.6 Å². The number of amides is 1. The smallest absolute Gasteiger partial charge is 0.407 e. The maximum atomic E-state index is 12.2. The number of hydrogen-bond donors (Lipinski definition) is 2. The van der Waals surface area contributed by atoms with Gasteiger partial charge in [-0.2, -0.15) is 0 Å². The molecule has 188 valence electrons. The number of ether oxygens (including phenoxy) is 2. The molecule has 0 aromatic rings. The van der Waals surface area contributed by atoms with Gasteiger partial charge in [-0.25, -0.2) is 4.79 Å². The van der Waals surface area contributed by atoms with E-state index < -0.39 is 5.60 Å². The number of nitrogens with one attached hydrogen (secondary N) is 2. The molecule has 0 saturated carbocycles. The third kappa shape index (κ3) is 9.99. The van der Waals surface area contributed by atoms with Gasteiger partial charge >= 0.3 is 6.09 Å². The molecule has 32 heavy (non-hydrogen) atoms. The Morgan fingerprint density at radius 1 is 1.34 bits per heavy atom. The largest absolute Gasteiger partial charge is 0.444 e. The van der Waals surface area contributed by atoms with Crippen molar-refractivity contribution < 1.29 is 14.3 Å². The molecule has 2 aliphatic rings. The molecule has 8 nitrogen and oxygen atoms in total. The van der Waals surface area contributed by atoms with Crippen LogP contribution in [-0.2, 0) is 9.47 Å². The van der Waals surface area contributed by atoms with Crippen LogP contribution < -0.4 is 10.6 Å². The number of halogens is 1. The van der Waals surface area contributed by atoms with Crippen molar-refractivity contribution in [3.8, 4) is 0 Å². The minimum Gasteiger partial charge on any atom is -0.444 e. The molecule has 0 aromatic heterocycles. The molecule has 2 fully saturated rings. The molecule has 1 amide bonds. The lowest BCUT2D eigenvalue weighted by molar-refractivity contribution is -0.0432. The van der Waals surface area contributed by atoms with Crippen molar-refractivity contribution in [2.45, 2.75) is 84.6 Å². The van der Waals surface area contributed by atoms with Gasteiger partial charge in [-0.1, -0.05) is 13.8 Å². The third-order valence-electron chi connectivity index (χ3n) is 5.89. The molecule has 0 radical (unpaired) electrons. The normalized spacial score (nSPS) is 22.7. The fraction of sp³-hybridized carbons (Fsp3) is 0.913. The number of guanidine groups is 1. The molecule has 2 heterocycles. The highest BCUT2D eigenvalue weighted by atomic mass is 127. The van der Waals surface area contributed by atoms with Crippen molar-refractivity contribution in [1.29, 1.82) is 0 Å². The molecule has 0 bridgehead atoms. The summed E-state index contributed by atoms with van der Waals surface area (Å²) in [7, 11) is 2.05. The van der Waals surface area contributed by atoms with Crippen LogP contribution in [0, 0.1) is 5.92 Å². The number of fused-ring (bicyclic) bond motifs is 1. The molecule has 0 spiro atoms. The number of carbonyl (C=O) groups is 1. The summed E-state index contributed by atoms with van der Waals surface area (Å²) in [6.07, 6.45) is 3.16. The van der Waals surface area contributed by atoms with Crippen molar-refractivity contribution in [2.75, 3.05) is 46.4 Å². The summed E-state index contributed by atoms with van der Waals surface area (Å²) in [5.41, 5.74) is -0.496. The molecular weight excluding hydrogens is 521 g/mol. The molecule has 2 saturated heterocycles. The fourth-order valence-corrected chi connectivity index (χ4v) is 4.12. The van der Waals surface area contributed by atoms with Crippen molar-refractivity contribution in [1.82, 2.24) is 20.4 Å². The number of rotatable bonds is 8. The van der Waals surface area contributed by atoms with E-state index in [1.807, 2.05) is 27.8 Å². The van der Waals surface area contributed by atoms with Crippen molar-refractivity contribution >= 4 is 36.0 Å². The number of hydrogen-bond acceptors (Lipinski definition) is 5. The highest BCUT2D eigenvalue weighted by Crippen LogP contribution is 2.22. The van der Waals surface area contributed by atoms with E-state index in [0.29, 0.717) is 18.5 Å². The minimum atomic E-state index is -0.496. The van der Waals surface area contributed by atoms with Crippen LogP contribution in [0.15, 0.2) is 4.99 Å². The lowest BCUT2D eigenvalue weighted by atomic mass is 10.0. The predicted molar refractivity (Wildman–Crippen MR) is 141 cm³/mol. The predicted octanol–water partition coefficient (Wildman–Crippen LogP) is 3.30. The Balaban J connectivity index is 0.00000512. The summed E-state index contributed by atoms with van der Waals surface area (Å²) < 4.78 is 11.5. The van der Waals surface area contributed by atoms with Gasteiger partial charge in [-0.05, 0) is 59.4 Å². The van der Waals surface area contributed by atoms with E-state index in [1.165, 1.54) is 19.4 Å². The maximum absolute atomic E-state index is 12.2. The van der Waals surface area contributed by atoms with E-state index in [4.69, 9.17) is 14.5 Å². The van der Waals surface area contributed by atoms with E-state index in [9.17, 15) is 4.79 Å². The molecule has 3 unspecified atom stereocenters. The van der Waals surface area contributed by atoms with Crippen LogP contribution in [0.5, 0.6) is 0 Å². The summed E-state index contributed by atoms with van der Waals surface area (Å²) in [6, 6.07) is 0.649. The van der Waals surface area contributed by atoms with Crippen LogP contribution in [0.2, 0.25) is 0 Å². The van der Waals surface area contributed by atoms with Gasteiger partial charge in [0, 0.05) is 38.8 Å². The van der Waals surface area contributed by atoms with Crippen LogP contribution in [0.3, 0.4) is 0 Å². The number of carbonyl (C=O) groups excluding carboxylic acids is 1. The first-order valence-electron chi connectivity index (χ1n) is 11.9. The topological polar surface area (TPSA) is 78.4 Å². The van der Waals surface area contributed by atoms with E-state index in [1.54, 1.807) is 0 Å². The van der Waals surface area contributed by atoms with Gasteiger partial charge in [0.05, 0.1) is 19.3 Å². The third-order valence-corrected chi connectivity index (χ3v) is 5.89. The Labute approximate surface area is 212 Å². The Kier molecular flexibility index (Phi) is 12.6. The fourth-order valence-electron chi connectivity index (χ4n) is 4.12. The zero-order valence-electron chi connectivity index (χ0n) is 21.1. The first-order valence-corrected chi connectivity index (χ1v) is 11.9. The van der Waals surface area contributed by atoms with Crippen LogP contribution in [0.1, 0.15) is 60.8 Å². The summed E-state index contributed by atoms with van der Waals surface area (Å²) in [5.74, 6) is 1.19. The van der Waals surface area contributed by atoms with Crippen molar-refractivity contribution in [2.24, 2.45) is 10.9 Å². The zero-order chi connectivity index (χ0) is 23.0. The lowest BCUT2D eigenvalue weighted by Gasteiger charge is -2.34. The van der Waals surface area contributed by atoms with Gasteiger partial charge in [0.15, 0.2) is 5.96 Å². The molecule has 2 N–H and O–H groups in total. The highest BCUT2D eigenvalue weighted by Gasteiger charge is 2.32. The summed E-state index contributed by atoms with van der Waals surface area (Å²) >= 11 is 0. The summed E-state index contributed by atoms with van der Waals surface area (Å²) in [5, 5.41) is 6.42. The minimum absolute atomic E-state index is 0. The Morgan fingerprint density at radius 2 is 2.06 bits per heavy atom. The first-order chi connectivity index (χ1) is 14.6. The lowest BCUT2D eigenvalue weighted by Crippen LogP contribution is -2.48. The number of alkyl carbamates (subject to hydrolysis) is 1. The molecule has 3 atom stereocenters. The number of nitrogens with zero attached hydrogens (tertiary/aromatic N) is 3. The van der Waals surface area contributed by atoms with E-state index in [2.05, 4.69) is 41.2 Å². The van der Waals surface area contributed by atoms with E-state index >= 15 is 0 Å². The van der Waals surface area contributed by atoms with Gasteiger partial charge in [-0.3, -0.25) is 9.89 Å². The molecular formula is C23H46IN5O3. The van der Waals surface area contributed by atoms with Gasteiger partial charge in [-0.15, -0.1) is 24.0 Å². The zero-order valence-corrected chi connectivity index (χ0v) is 23.5. The monoisotopic (exact) mass is 567 g/mol. The maximum Gasteiger partial charge on any atom is 0.407 e. The average molecular weight is 568 g/mol. The molecule has 9 heteroatoms. The second-order valence-electron chi connectivity index (χ2n) is 10.1. The van der Waals surface area contributed by atoms with Crippen LogP contribution in [-0.4, -0.2) is 92.0 Å². The number of morpholine rings is 1. The Bertz CT molecular complexity index is 597. The first kappa shape index (κ1) is 29.2. The van der Waals surface area contributed by atoms with Crippen LogP contribution >= 0.6 is 24.0 Å². The molecule has 2 aliphatic heterocycles. The molecule has 0 aliphatic carbocycles. The van der Waals surface area contributed by atoms with Crippen LogP contribution in [0.4, 0.5) is 4.79 Å². The standard InChI is InChI=1S/C23H45N5O3.HI/c1-8-24-21(25-14-19-15-28-12-9-10-18(28)16-30-19)27(7)13-11-20(17(2)3)26-22(29)31-23(4,5)6;/h17-20H,8-16H2,1-7H3,(H,24,25)(H,26,29);1H.